The summed E-state index contributed by atoms with van der Waals surface area (Å²) < 4.78 is 15.6. The minimum atomic E-state index is -0.435. The molecule has 20 heavy (non-hydrogen) atoms. The fourth-order valence-corrected chi connectivity index (χ4v) is 2.52. The summed E-state index contributed by atoms with van der Waals surface area (Å²) in [5.41, 5.74) is 8.28. The first-order valence-electron chi connectivity index (χ1n) is 6.32. The normalized spacial score (nSPS) is 11.2. The van der Waals surface area contributed by atoms with E-state index in [0.717, 1.165) is 11.0 Å². The number of aryl methyl sites for hydroxylation is 1. The van der Waals surface area contributed by atoms with Crippen LogP contribution in [0.5, 0.6) is 0 Å². The SMILES string of the molecule is CCn1c(-c2cccc(F)c2N)nc2ccc(Cl)cc21. The third kappa shape index (κ3) is 1.93. The topological polar surface area (TPSA) is 43.8 Å². The van der Waals surface area contributed by atoms with Gasteiger partial charge >= 0.3 is 0 Å². The van der Waals surface area contributed by atoms with E-state index in [0.29, 0.717) is 23.0 Å². The van der Waals surface area contributed by atoms with E-state index in [2.05, 4.69) is 4.98 Å². The van der Waals surface area contributed by atoms with Gasteiger partial charge in [0.25, 0.3) is 0 Å². The van der Waals surface area contributed by atoms with Crippen molar-refractivity contribution in [2.75, 3.05) is 5.73 Å². The molecule has 0 spiro atoms. The minimum Gasteiger partial charge on any atom is -0.396 e. The summed E-state index contributed by atoms with van der Waals surface area (Å²) >= 11 is 6.03. The van der Waals surface area contributed by atoms with Crippen LogP contribution in [0.1, 0.15) is 6.92 Å². The number of nitrogens with zero attached hydrogens (tertiary/aromatic N) is 2. The number of rotatable bonds is 2. The van der Waals surface area contributed by atoms with E-state index in [4.69, 9.17) is 17.3 Å². The van der Waals surface area contributed by atoms with Gasteiger partial charge in [-0.05, 0) is 37.3 Å². The van der Waals surface area contributed by atoms with Crippen LogP contribution in [0.3, 0.4) is 0 Å². The molecule has 1 heterocycles. The third-order valence-electron chi connectivity index (χ3n) is 3.32. The Bertz CT molecular complexity index is 795. The number of hydrogen-bond acceptors (Lipinski definition) is 2. The molecule has 0 amide bonds. The molecule has 3 rings (SSSR count). The van der Waals surface area contributed by atoms with Crippen molar-refractivity contribution in [1.82, 2.24) is 9.55 Å². The van der Waals surface area contributed by atoms with Crippen LogP contribution in [0, 0.1) is 5.82 Å². The number of fused-ring (bicyclic) bond motifs is 1. The van der Waals surface area contributed by atoms with E-state index in [1.165, 1.54) is 6.07 Å². The predicted octanol–water partition coefficient (Wildman–Crippen LogP) is 4.10. The lowest BCUT2D eigenvalue weighted by Crippen LogP contribution is -2.01. The second-order valence-electron chi connectivity index (χ2n) is 4.51. The first-order valence-corrected chi connectivity index (χ1v) is 6.69. The highest BCUT2D eigenvalue weighted by Crippen LogP contribution is 2.31. The molecule has 3 nitrogen and oxygen atoms in total. The lowest BCUT2D eigenvalue weighted by atomic mass is 10.1. The summed E-state index contributed by atoms with van der Waals surface area (Å²) in [4.78, 5) is 4.55. The second-order valence-corrected chi connectivity index (χ2v) is 4.95. The molecule has 0 fully saturated rings. The summed E-state index contributed by atoms with van der Waals surface area (Å²) in [6, 6.07) is 10.2. The van der Waals surface area contributed by atoms with Gasteiger partial charge in [0.2, 0.25) is 0 Å². The number of imidazole rings is 1. The number of anilines is 1. The Kier molecular flexibility index (Phi) is 3.10. The molecular weight excluding hydrogens is 277 g/mol. The monoisotopic (exact) mass is 289 g/mol. The van der Waals surface area contributed by atoms with Crippen molar-refractivity contribution in [3.05, 3.63) is 47.2 Å². The molecule has 1 aromatic heterocycles. The van der Waals surface area contributed by atoms with Crippen molar-refractivity contribution >= 4 is 28.3 Å². The van der Waals surface area contributed by atoms with Gasteiger partial charge in [0, 0.05) is 17.1 Å². The van der Waals surface area contributed by atoms with Crippen molar-refractivity contribution in [2.45, 2.75) is 13.5 Å². The summed E-state index contributed by atoms with van der Waals surface area (Å²) in [7, 11) is 0. The standard InChI is InChI=1S/C15H13ClFN3/c1-2-20-13-8-9(16)6-7-12(13)19-15(20)10-4-3-5-11(17)14(10)18/h3-8H,2,18H2,1H3. The molecular formula is C15H13ClFN3. The number of hydrogen-bond donors (Lipinski definition) is 1. The molecule has 0 unspecified atom stereocenters. The third-order valence-corrected chi connectivity index (χ3v) is 3.56. The van der Waals surface area contributed by atoms with Gasteiger partial charge in [0.15, 0.2) is 0 Å². The highest BCUT2D eigenvalue weighted by atomic mass is 35.5. The van der Waals surface area contributed by atoms with E-state index in [9.17, 15) is 4.39 Å². The summed E-state index contributed by atoms with van der Waals surface area (Å²) in [5, 5.41) is 0.644. The molecule has 0 aliphatic carbocycles. The van der Waals surface area contributed by atoms with Crippen molar-refractivity contribution < 1.29 is 4.39 Å². The van der Waals surface area contributed by atoms with Crippen LogP contribution < -0.4 is 5.73 Å². The van der Waals surface area contributed by atoms with Gasteiger partial charge in [-0.2, -0.15) is 0 Å². The first-order chi connectivity index (χ1) is 9.61. The lowest BCUT2D eigenvalue weighted by Gasteiger charge is -2.09. The number of nitrogens with two attached hydrogens (primary N) is 1. The minimum absolute atomic E-state index is 0.114. The Hall–Kier alpha value is -2.07. The molecule has 0 aliphatic rings. The molecule has 0 bridgehead atoms. The number of aromatic nitrogens is 2. The highest BCUT2D eigenvalue weighted by Gasteiger charge is 2.15. The number of para-hydroxylation sites is 1. The van der Waals surface area contributed by atoms with Gasteiger partial charge in [-0.25, -0.2) is 9.37 Å². The zero-order valence-electron chi connectivity index (χ0n) is 10.9. The van der Waals surface area contributed by atoms with E-state index < -0.39 is 5.82 Å². The fourth-order valence-electron chi connectivity index (χ4n) is 2.35. The van der Waals surface area contributed by atoms with Gasteiger partial charge in [0.05, 0.1) is 16.7 Å². The van der Waals surface area contributed by atoms with E-state index in [1.807, 2.05) is 23.6 Å². The van der Waals surface area contributed by atoms with Crippen LogP contribution in [0.4, 0.5) is 10.1 Å². The maximum Gasteiger partial charge on any atom is 0.146 e. The molecule has 0 aliphatic heterocycles. The molecule has 3 aromatic rings. The first kappa shape index (κ1) is 12.9. The molecule has 102 valence electrons. The zero-order valence-corrected chi connectivity index (χ0v) is 11.7. The van der Waals surface area contributed by atoms with Crippen LogP contribution in [0.2, 0.25) is 5.02 Å². The van der Waals surface area contributed by atoms with Gasteiger partial charge in [-0.3, -0.25) is 0 Å². The Labute approximate surface area is 120 Å². The summed E-state index contributed by atoms with van der Waals surface area (Å²) in [5.74, 6) is 0.219. The van der Waals surface area contributed by atoms with Crippen LogP contribution >= 0.6 is 11.6 Å². The summed E-state index contributed by atoms with van der Waals surface area (Å²) in [6.07, 6.45) is 0. The maximum absolute atomic E-state index is 13.6. The quantitative estimate of drug-likeness (QED) is 0.722. The predicted molar refractivity (Wildman–Crippen MR) is 80.2 cm³/mol. The smallest absolute Gasteiger partial charge is 0.146 e. The Morgan fingerprint density at radius 2 is 2.10 bits per heavy atom. The number of benzene rings is 2. The van der Waals surface area contributed by atoms with Crippen LogP contribution in [-0.4, -0.2) is 9.55 Å². The molecule has 0 saturated heterocycles. The van der Waals surface area contributed by atoms with Gasteiger partial charge in [-0.1, -0.05) is 17.7 Å². The molecule has 0 atom stereocenters. The summed E-state index contributed by atoms with van der Waals surface area (Å²) in [6.45, 7) is 2.70. The molecule has 0 radical (unpaired) electrons. The Morgan fingerprint density at radius 1 is 1.30 bits per heavy atom. The fraction of sp³-hybridized carbons (Fsp3) is 0.133. The Balaban J connectivity index is 2.33. The van der Waals surface area contributed by atoms with Crippen molar-refractivity contribution in [1.29, 1.82) is 0 Å². The molecule has 2 aromatic carbocycles. The average Bonchev–Trinajstić information content (AvgIpc) is 2.79. The lowest BCUT2D eigenvalue weighted by molar-refractivity contribution is 0.632. The average molecular weight is 290 g/mol. The van der Waals surface area contributed by atoms with Crippen LogP contribution in [0.25, 0.3) is 22.4 Å². The second kappa shape index (κ2) is 4.80. The van der Waals surface area contributed by atoms with Crippen molar-refractivity contribution in [2.24, 2.45) is 0 Å². The van der Waals surface area contributed by atoms with Gasteiger partial charge in [-0.15, -0.1) is 0 Å². The number of nitrogen functional groups attached to an aromatic ring is 1. The van der Waals surface area contributed by atoms with Crippen LogP contribution in [-0.2, 0) is 6.54 Å². The Morgan fingerprint density at radius 3 is 2.85 bits per heavy atom. The molecule has 5 heteroatoms. The molecule has 2 N–H and O–H groups in total. The highest BCUT2D eigenvalue weighted by molar-refractivity contribution is 6.31. The zero-order chi connectivity index (χ0) is 14.3. The van der Waals surface area contributed by atoms with E-state index in [-0.39, 0.29) is 5.69 Å². The number of halogens is 2. The van der Waals surface area contributed by atoms with Gasteiger partial charge < -0.3 is 10.3 Å². The van der Waals surface area contributed by atoms with Crippen molar-refractivity contribution in [3.63, 3.8) is 0 Å². The molecule has 0 saturated carbocycles. The van der Waals surface area contributed by atoms with E-state index >= 15 is 0 Å². The maximum atomic E-state index is 13.6. The van der Waals surface area contributed by atoms with Crippen LogP contribution in [0.15, 0.2) is 36.4 Å². The van der Waals surface area contributed by atoms with Crippen molar-refractivity contribution in [3.8, 4) is 11.4 Å². The van der Waals surface area contributed by atoms with Gasteiger partial charge in [0.1, 0.15) is 11.6 Å². The largest absolute Gasteiger partial charge is 0.396 e. The van der Waals surface area contributed by atoms with E-state index in [1.54, 1.807) is 18.2 Å².